The molecule has 294 valence electrons. The van der Waals surface area contributed by atoms with Crippen molar-refractivity contribution in [2.45, 2.75) is 20.4 Å². The van der Waals surface area contributed by atoms with Crippen molar-refractivity contribution in [2.75, 3.05) is 0 Å². The summed E-state index contributed by atoms with van der Waals surface area (Å²) >= 11 is 1.82. The van der Waals surface area contributed by atoms with Crippen LogP contribution in [0.1, 0.15) is 22.3 Å². The molecule has 6 heteroatoms. The van der Waals surface area contributed by atoms with Crippen LogP contribution in [0, 0.1) is 20.5 Å². The van der Waals surface area contributed by atoms with Crippen LogP contribution in [0.25, 0.3) is 0 Å². The van der Waals surface area contributed by atoms with Crippen molar-refractivity contribution in [1.29, 1.82) is 0 Å². The maximum absolute atomic E-state index is 7.50. The standard InChI is InChI=1S/2C18H15P.C16H16N.CO.ClH.Ru/c2*1-4-10-16(11-5-1)19(17-12-6-2-7-13-17)18-14-8-3-9-15-18;1-13-7-3-5-9-15(13)11-17-12-16-10-6-4-8-14(16)2;1-2;;/h2*1-15H;3-10H,11H2,1-2H3;;1H;/q;;-1;;;+2/p-1. The quantitative estimate of drug-likeness (QED) is 0.0454. The van der Waals surface area contributed by atoms with Crippen LogP contribution in [0.3, 0.4) is 0 Å². The van der Waals surface area contributed by atoms with Crippen molar-refractivity contribution in [3.8, 4) is 0 Å². The minimum absolute atomic E-state index is 0.446. The van der Waals surface area contributed by atoms with Gasteiger partial charge in [-0.15, -0.1) is 12.1 Å². The fraction of sp³-hybridized carbons (Fsp3) is 0.0566. The Morgan fingerprint density at radius 1 is 0.407 bits per heavy atom. The Hall–Kier alpha value is -5.06. The van der Waals surface area contributed by atoms with Gasteiger partial charge in [-0.3, -0.25) is 0 Å². The molecule has 0 unspecified atom stereocenters. The van der Waals surface area contributed by atoms with Crippen molar-refractivity contribution in [3.63, 3.8) is 0 Å². The molecular formula is C53H46ClNOP2Ru. The van der Waals surface area contributed by atoms with E-state index in [0.29, 0.717) is 6.54 Å². The largest absolute Gasteiger partial charge is 0.0622 e. The second-order valence-corrected chi connectivity index (χ2v) is 17.3. The topological polar surface area (TPSA) is 32.3 Å². The average molecular weight is 911 g/mol. The molecular weight excluding hydrogens is 865 g/mol. The second kappa shape index (κ2) is 27.6. The van der Waals surface area contributed by atoms with E-state index < -0.39 is 15.8 Å². The third-order valence-corrected chi connectivity index (χ3v) is 13.8. The van der Waals surface area contributed by atoms with Gasteiger partial charge in [0.25, 0.3) is 0 Å². The minimum atomic E-state index is -0.446. The number of hydrogen-bond acceptors (Lipinski definition) is 1. The fourth-order valence-electron chi connectivity index (χ4n) is 6.05. The molecule has 0 atom stereocenters. The Bertz CT molecular complexity index is 2060. The summed E-state index contributed by atoms with van der Waals surface area (Å²) in [6, 6.07) is 81.1. The van der Waals surface area contributed by atoms with Gasteiger partial charge in [0.15, 0.2) is 0 Å². The van der Waals surface area contributed by atoms with Crippen LogP contribution in [0.5, 0.6) is 0 Å². The van der Waals surface area contributed by atoms with Crippen LogP contribution in [0.15, 0.2) is 236 Å². The van der Waals surface area contributed by atoms with Gasteiger partial charge in [0.2, 0.25) is 0 Å². The summed E-state index contributed by atoms with van der Waals surface area (Å²) in [7, 11) is 3.68. The number of nitrogens with zero attached hydrogens (tertiary/aromatic N) is 1. The number of halogens is 1. The molecule has 2 nitrogen and oxygen atoms in total. The molecule has 0 aliphatic carbocycles. The molecule has 0 saturated carbocycles. The molecule has 0 spiro atoms. The van der Waals surface area contributed by atoms with Crippen LogP contribution in [0.4, 0.5) is 0 Å². The SMILES string of the molecule is Cc1ccccc1[C-]=NCc1ccccc1C.[C-]#[O+].[Cl][Ru+].c1ccc(P(c2ccccc2)c2ccccc2)cc1.c1ccc(P(c2ccccc2)c2ccccc2)cc1. The van der Waals surface area contributed by atoms with Crippen LogP contribution in [0.2, 0.25) is 0 Å². The Labute approximate surface area is 368 Å². The smallest absolute Gasteiger partial charge is 0.0134 e. The molecule has 8 aromatic rings. The van der Waals surface area contributed by atoms with Gasteiger partial charge >= 0.3 is 38.3 Å². The molecule has 0 bridgehead atoms. The molecule has 0 fully saturated rings. The summed E-state index contributed by atoms with van der Waals surface area (Å²) in [6.45, 7) is 9.38. The Morgan fingerprint density at radius 3 is 0.949 bits per heavy atom. The first-order valence-electron chi connectivity index (χ1n) is 18.9. The van der Waals surface area contributed by atoms with E-state index in [1.165, 1.54) is 48.5 Å². The monoisotopic (exact) mass is 911 g/mol. The number of rotatable bonds is 9. The van der Waals surface area contributed by atoms with E-state index in [4.69, 9.17) is 4.65 Å². The third-order valence-electron chi connectivity index (χ3n) is 8.94. The van der Waals surface area contributed by atoms with Gasteiger partial charge in [-0.1, -0.05) is 225 Å². The molecule has 0 aliphatic heterocycles. The molecule has 0 aliphatic rings. The first-order chi connectivity index (χ1) is 29.2. The average Bonchev–Trinajstić information content (AvgIpc) is 3.32. The predicted octanol–water partition coefficient (Wildman–Crippen LogP) is 11.3. The normalized spacial score (nSPS) is 10.1. The van der Waals surface area contributed by atoms with E-state index in [2.05, 4.69) is 242 Å². The van der Waals surface area contributed by atoms with E-state index >= 15 is 0 Å². The van der Waals surface area contributed by atoms with E-state index in [9.17, 15) is 0 Å². The number of aryl methyl sites for hydroxylation is 2. The first-order valence-corrected chi connectivity index (χ1v) is 23.9. The Balaban J connectivity index is 0.000000188. The van der Waals surface area contributed by atoms with E-state index in [0.717, 1.165) is 5.56 Å². The fourth-order valence-corrected chi connectivity index (χ4v) is 10.7. The minimum Gasteiger partial charge on any atom is -0.0622 e. The zero-order valence-electron chi connectivity index (χ0n) is 33.1. The van der Waals surface area contributed by atoms with Gasteiger partial charge < -0.3 is 4.99 Å². The van der Waals surface area contributed by atoms with Gasteiger partial charge in [-0.2, -0.15) is 17.2 Å². The summed E-state index contributed by atoms with van der Waals surface area (Å²) < 4.78 is 7.50. The molecule has 0 N–H and O–H groups in total. The van der Waals surface area contributed by atoms with E-state index in [-0.39, 0.29) is 0 Å². The summed E-state index contributed by atoms with van der Waals surface area (Å²) in [6.07, 6.45) is 3.11. The number of hydrogen-bond donors (Lipinski definition) is 0. The molecule has 0 radical (unpaired) electrons. The molecule has 0 saturated heterocycles. The maximum atomic E-state index is 7.50. The van der Waals surface area contributed by atoms with Crippen LogP contribution >= 0.6 is 25.5 Å². The second-order valence-electron chi connectivity index (χ2n) is 12.9. The van der Waals surface area contributed by atoms with Crippen molar-refractivity contribution in [2.24, 2.45) is 4.99 Å². The Morgan fingerprint density at radius 2 is 0.661 bits per heavy atom. The van der Waals surface area contributed by atoms with Gasteiger partial charge in [0, 0.05) is 6.54 Å². The van der Waals surface area contributed by atoms with E-state index in [1.54, 1.807) is 0 Å². The van der Waals surface area contributed by atoms with E-state index in [1.807, 2.05) is 47.6 Å². The predicted molar refractivity (Wildman–Crippen MR) is 253 cm³/mol. The summed E-state index contributed by atoms with van der Waals surface area (Å²) in [5.74, 6) is 0. The van der Waals surface area contributed by atoms with Crippen molar-refractivity contribution < 1.29 is 22.0 Å². The van der Waals surface area contributed by atoms with Crippen LogP contribution in [-0.4, -0.2) is 6.21 Å². The summed E-state index contributed by atoms with van der Waals surface area (Å²) in [5, 5.41) is 8.39. The molecule has 0 amide bonds. The van der Waals surface area contributed by atoms with Gasteiger partial charge in [-0.05, 0) is 65.7 Å². The van der Waals surface area contributed by atoms with Gasteiger partial charge in [-0.25, -0.2) is 0 Å². The zero-order valence-corrected chi connectivity index (χ0v) is 37.4. The number of benzene rings is 8. The van der Waals surface area contributed by atoms with Gasteiger partial charge in [0.1, 0.15) is 0 Å². The molecule has 8 aromatic carbocycles. The molecule has 0 heterocycles. The van der Waals surface area contributed by atoms with Crippen molar-refractivity contribution in [3.05, 3.63) is 259 Å². The zero-order chi connectivity index (χ0) is 41.9. The molecule has 8 rings (SSSR count). The van der Waals surface area contributed by atoms with Crippen LogP contribution < -0.4 is 31.8 Å². The summed E-state index contributed by atoms with van der Waals surface area (Å²) in [4.78, 5) is 4.38. The summed E-state index contributed by atoms with van der Waals surface area (Å²) in [5.41, 5.74) is 4.82. The number of aliphatic imine (C=N–C) groups is 1. The maximum Gasteiger partial charge on any atom is -0.0134 e. The Kier molecular flexibility index (Phi) is 21.8. The molecule has 59 heavy (non-hydrogen) atoms. The molecule has 0 aromatic heterocycles. The van der Waals surface area contributed by atoms with Gasteiger partial charge in [0.05, 0.1) is 0 Å². The van der Waals surface area contributed by atoms with Crippen LogP contribution in [-0.2, 0) is 28.5 Å². The van der Waals surface area contributed by atoms with Crippen molar-refractivity contribution >= 4 is 63.6 Å². The van der Waals surface area contributed by atoms with Crippen molar-refractivity contribution in [1.82, 2.24) is 0 Å². The first kappa shape index (κ1) is 46.6. The third kappa shape index (κ3) is 15.2.